The Morgan fingerprint density at radius 2 is 1.47 bits per heavy atom. The van der Waals surface area contributed by atoms with Crippen molar-refractivity contribution in [2.24, 2.45) is 16.6 Å². The zero-order valence-corrected chi connectivity index (χ0v) is 29.4. The Morgan fingerprint density at radius 3 is 2.02 bits per heavy atom. The lowest BCUT2D eigenvalue weighted by Crippen LogP contribution is -2.57. The molecule has 0 saturated heterocycles. The normalized spacial score (nSPS) is 14.4. The minimum absolute atomic E-state index is 0.0158. The number of guanidine groups is 1. The third-order valence-electron chi connectivity index (χ3n) is 6.76. The third-order valence-corrected chi connectivity index (χ3v) is 7.95. The Labute approximate surface area is 292 Å². The molecule has 0 heterocycles. The highest BCUT2D eigenvalue weighted by atomic mass is 31.2. The van der Waals surface area contributed by atoms with Gasteiger partial charge in [0.05, 0.1) is 13.2 Å². The topological polar surface area (TPSA) is 378 Å². The van der Waals surface area contributed by atoms with E-state index in [1.165, 1.54) is 13.8 Å². The molecule has 0 aromatic rings. The van der Waals surface area contributed by atoms with Crippen LogP contribution in [0.25, 0.3) is 0 Å². The molecule has 0 rings (SSSR count). The Kier molecular flexibility index (Phi) is 21.4. The molecule has 5 atom stereocenters. The quantitative estimate of drug-likeness (QED) is 0.0136. The van der Waals surface area contributed by atoms with Crippen LogP contribution in [0, 0.1) is 10.8 Å². The number of rotatable bonds is 25. The molecular formula is C26H47N10O14P. The number of aliphatic imine (C=N–C) groups is 1. The highest BCUT2D eigenvalue weighted by Crippen LogP contribution is 2.37. The van der Waals surface area contributed by atoms with Crippen molar-refractivity contribution in [2.75, 3.05) is 26.2 Å². The molecule has 0 aromatic carbocycles. The zero-order valence-electron chi connectivity index (χ0n) is 28.5. The smallest absolute Gasteiger partial charge is 0.362 e. The maximum atomic E-state index is 13.1. The highest BCUT2D eigenvalue weighted by molar-refractivity contribution is 7.54. The summed E-state index contributed by atoms with van der Waals surface area (Å²) in [4.78, 5) is 125. The molecule has 0 aromatic heterocycles. The fourth-order valence-corrected chi connectivity index (χ4v) is 5.11. The fraction of sp³-hybridized carbons (Fsp3) is 0.692. The van der Waals surface area contributed by atoms with Gasteiger partial charge in [-0.25, -0.2) is 14.7 Å². The summed E-state index contributed by atoms with van der Waals surface area (Å²) in [6.07, 6.45) is -0.860. The van der Waals surface area contributed by atoms with Crippen LogP contribution in [0.1, 0.15) is 59.8 Å². The highest BCUT2D eigenvalue weighted by Gasteiger charge is 2.33. The molecule has 0 aliphatic rings. The van der Waals surface area contributed by atoms with Crippen LogP contribution in [-0.4, -0.2) is 118 Å². The van der Waals surface area contributed by atoms with Gasteiger partial charge in [0.1, 0.15) is 43.7 Å². The van der Waals surface area contributed by atoms with Crippen molar-refractivity contribution in [2.45, 2.75) is 84.0 Å². The van der Waals surface area contributed by atoms with Crippen molar-refractivity contribution in [3.8, 4) is 0 Å². The summed E-state index contributed by atoms with van der Waals surface area (Å²) in [5.41, 5.74) is 7.07. The predicted octanol–water partition coefficient (Wildman–Crippen LogP) is -5.15. The van der Waals surface area contributed by atoms with Gasteiger partial charge in [0.2, 0.25) is 29.5 Å². The van der Waals surface area contributed by atoms with E-state index in [-0.39, 0.29) is 26.0 Å². The molecule has 0 bridgehead atoms. The maximum absolute atomic E-state index is 13.1. The molecule has 0 radical (unpaired) electrons. The SMILES string of the molecule is CCO[P+]([O-])([O-])N[C@H](C(=O)N[C@@H](C)C(=O)NCC(=O)N[C@@H](CCC(=O)O)C(=O)N[C@@H](CCCN=C(N)N[N+](=O)O)C(=O)NCC(=O)O)[C@@H](C)CC. The average molecular weight is 755 g/mol. The summed E-state index contributed by atoms with van der Waals surface area (Å²) >= 11 is 0. The second-order valence-corrected chi connectivity index (χ2v) is 12.4. The number of hydrogen-bond donors (Lipinski definition) is 11. The van der Waals surface area contributed by atoms with Gasteiger partial charge in [-0.1, -0.05) is 20.3 Å². The molecule has 290 valence electrons. The second kappa shape index (κ2) is 23.6. The molecule has 0 spiro atoms. The lowest BCUT2D eigenvalue weighted by molar-refractivity contribution is -0.822. The van der Waals surface area contributed by atoms with Crippen molar-refractivity contribution in [3.63, 3.8) is 0 Å². The zero-order chi connectivity index (χ0) is 39.3. The summed E-state index contributed by atoms with van der Waals surface area (Å²) in [6, 6.07) is -5.53. The summed E-state index contributed by atoms with van der Waals surface area (Å²) in [7, 11) is -4.59. The predicted molar refractivity (Wildman–Crippen MR) is 171 cm³/mol. The fourth-order valence-electron chi connectivity index (χ4n) is 3.98. The number of aliphatic carboxylic acids is 2. The molecule has 0 unspecified atom stereocenters. The number of hydrogen-bond acceptors (Lipinski definition) is 13. The van der Waals surface area contributed by atoms with Gasteiger partial charge >= 0.3 is 17.0 Å². The van der Waals surface area contributed by atoms with Crippen LogP contribution in [0.15, 0.2) is 4.99 Å². The van der Waals surface area contributed by atoms with Crippen molar-refractivity contribution in [3.05, 3.63) is 4.91 Å². The molecule has 5 amide bonds. The minimum atomic E-state index is -4.59. The van der Waals surface area contributed by atoms with Gasteiger partial charge in [0.25, 0.3) is 5.96 Å². The average Bonchev–Trinajstić information content (AvgIpc) is 3.03. The molecule has 24 nitrogen and oxygen atoms in total. The molecule has 0 aliphatic carbocycles. The molecule has 25 heteroatoms. The second-order valence-electron chi connectivity index (χ2n) is 10.9. The van der Waals surface area contributed by atoms with E-state index in [0.29, 0.717) is 6.42 Å². The number of carboxylic acid groups (broad SMARTS) is 2. The van der Waals surface area contributed by atoms with Crippen LogP contribution in [0.2, 0.25) is 0 Å². The van der Waals surface area contributed by atoms with Crippen molar-refractivity contribution >= 4 is 55.5 Å². The van der Waals surface area contributed by atoms with Gasteiger partial charge in [-0.05, 0) is 44.5 Å². The standard InChI is InChI=1S/C26H47N10O14P/c1-5-14(3)21(35-51(48,49)50-6-2)25(45)31-15(4)22(42)29-12-18(37)32-17(9-10-19(38)39)24(44)33-16(23(43)30-13-20(40)41)8-7-11-28-26(27)34-36(46)47/h14-17,21H,5-13H2,1-4H3,(H12-,27,28,29,30,31,32,33,34,35,37,38,39,40,41,42,43,44,45,46,47,48,49)/t14-,15-,16-,17-,21-/m0/s1. The summed E-state index contributed by atoms with van der Waals surface area (Å²) in [5, 5.41) is 39.2. The number of nitrogens with two attached hydrogens (primary N) is 1. The van der Waals surface area contributed by atoms with Crippen molar-refractivity contribution in [1.29, 1.82) is 0 Å². The van der Waals surface area contributed by atoms with Gasteiger partial charge in [-0.3, -0.25) is 33.6 Å². The lowest BCUT2D eigenvalue weighted by atomic mass is 9.99. The van der Waals surface area contributed by atoms with Crippen molar-refractivity contribution in [1.82, 2.24) is 37.1 Å². The summed E-state index contributed by atoms with van der Waals surface area (Å²) in [5.74, 6) is -8.39. The number of nitrogens with zero attached hydrogens (tertiary/aromatic N) is 2. The van der Waals surface area contributed by atoms with Gasteiger partial charge in [-0.2, -0.15) is 5.09 Å². The number of hydrazine groups is 1. The monoisotopic (exact) mass is 754 g/mol. The van der Waals surface area contributed by atoms with Crippen LogP contribution in [0.4, 0.5) is 0 Å². The van der Waals surface area contributed by atoms with E-state index < -0.39 is 117 Å². The first-order valence-corrected chi connectivity index (χ1v) is 17.1. The van der Waals surface area contributed by atoms with E-state index in [4.69, 9.17) is 21.2 Å². The Morgan fingerprint density at radius 1 is 0.863 bits per heavy atom. The first-order valence-electron chi connectivity index (χ1n) is 15.6. The minimum Gasteiger partial charge on any atom is -0.645 e. The molecular weight excluding hydrogens is 707 g/mol. The van der Waals surface area contributed by atoms with Gasteiger partial charge in [-0.15, -0.1) is 0 Å². The molecule has 0 aliphatic heterocycles. The summed E-state index contributed by atoms with van der Waals surface area (Å²) < 4.78 is 4.65. The van der Waals surface area contributed by atoms with E-state index in [2.05, 4.69) is 41.2 Å². The van der Waals surface area contributed by atoms with Crippen LogP contribution in [0.3, 0.4) is 0 Å². The first-order chi connectivity index (χ1) is 23.7. The van der Waals surface area contributed by atoms with Crippen LogP contribution < -0.4 is 52.6 Å². The van der Waals surface area contributed by atoms with E-state index in [1.54, 1.807) is 19.3 Å². The third kappa shape index (κ3) is 20.5. The number of nitrogens with one attached hydrogen (secondary N) is 7. The largest absolute Gasteiger partial charge is 0.645 e. The van der Waals surface area contributed by atoms with Gasteiger partial charge in [0.15, 0.2) is 0 Å². The number of amides is 5. The van der Waals surface area contributed by atoms with Gasteiger partial charge < -0.3 is 52.3 Å². The van der Waals surface area contributed by atoms with E-state index in [9.17, 15) is 48.3 Å². The molecule has 12 N–H and O–H groups in total. The first kappa shape index (κ1) is 46.2. The van der Waals surface area contributed by atoms with E-state index in [0.717, 1.165) is 0 Å². The molecule has 51 heavy (non-hydrogen) atoms. The number of carboxylic acids is 2. The van der Waals surface area contributed by atoms with E-state index >= 15 is 0 Å². The Hall–Kier alpha value is -4.77. The van der Waals surface area contributed by atoms with Crippen molar-refractivity contribution < 1.29 is 68.3 Å². The summed E-state index contributed by atoms with van der Waals surface area (Å²) in [6.45, 7) is 4.15. The Balaban J connectivity index is 5.57. The van der Waals surface area contributed by atoms with Crippen LogP contribution in [-0.2, 0) is 38.1 Å². The number of carbonyl (C=O) groups excluding carboxylic acids is 5. The van der Waals surface area contributed by atoms with Crippen LogP contribution in [0.5, 0.6) is 0 Å². The molecule has 0 fully saturated rings. The molecule has 0 saturated carbocycles. The maximum Gasteiger partial charge on any atom is 0.362 e. The number of carbonyl (C=O) groups is 7. The Bertz CT molecular complexity index is 1270. The van der Waals surface area contributed by atoms with E-state index in [1.807, 2.05) is 0 Å². The van der Waals surface area contributed by atoms with Gasteiger partial charge in [0, 0.05) is 13.0 Å². The lowest BCUT2D eigenvalue weighted by Gasteiger charge is -2.37. The van der Waals surface area contributed by atoms with Crippen LogP contribution >= 0.6 is 8.09 Å².